The molecule has 1 rings (SSSR count). The van der Waals surface area contributed by atoms with Gasteiger partial charge in [0.2, 0.25) is 0 Å². The standard InChI is InChI=1S/C14H23BrN2O/c1-10(2)14(3,9-16)17-8-11-7-12(15)5-6-13(11)18-4/h5-7,10,17H,8-9,16H2,1-4H3. The van der Waals surface area contributed by atoms with Crippen LogP contribution in [0.15, 0.2) is 22.7 Å². The number of methoxy groups -OCH3 is 1. The second-order valence-corrected chi connectivity index (χ2v) is 6.00. The number of nitrogens with one attached hydrogen (secondary N) is 1. The molecular weight excluding hydrogens is 292 g/mol. The molecule has 0 radical (unpaired) electrons. The van der Waals surface area contributed by atoms with E-state index in [1.165, 1.54) is 0 Å². The van der Waals surface area contributed by atoms with E-state index in [4.69, 9.17) is 10.5 Å². The zero-order valence-electron chi connectivity index (χ0n) is 11.6. The molecule has 0 aliphatic carbocycles. The molecule has 4 heteroatoms. The summed E-state index contributed by atoms with van der Waals surface area (Å²) < 4.78 is 6.42. The van der Waals surface area contributed by atoms with E-state index >= 15 is 0 Å². The van der Waals surface area contributed by atoms with Crippen molar-refractivity contribution in [3.05, 3.63) is 28.2 Å². The molecule has 18 heavy (non-hydrogen) atoms. The van der Waals surface area contributed by atoms with Crippen molar-refractivity contribution in [2.45, 2.75) is 32.9 Å². The summed E-state index contributed by atoms with van der Waals surface area (Å²) in [6.45, 7) is 7.87. The topological polar surface area (TPSA) is 47.3 Å². The van der Waals surface area contributed by atoms with Crippen LogP contribution in [0.25, 0.3) is 0 Å². The number of rotatable bonds is 6. The quantitative estimate of drug-likeness (QED) is 0.848. The number of nitrogens with two attached hydrogens (primary N) is 1. The third kappa shape index (κ3) is 3.70. The lowest BCUT2D eigenvalue weighted by Gasteiger charge is -2.34. The third-order valence-corrected chi connectivity index (χ3v) is 4.12. The van der Waals surface area contributed by atoms with Gasteiger partial charge in [0.15, 0.2) is 0 Å². The summed E-state index contributed by atoms with van der Waals surface area (Å²) in [6, 6.07) is 6.02. The molecule has 1 aromatic rings. The zero-order valence-corrected chi connectivity index (χ0v) is 13.2. The van der Waals surface area contributed by atoms with E-state index < -0.39 is 0 Å². The molecule has 0 amide bonds. The first-order valence-electron chi connectivity index (χ1n) is 6.20. The van der Waals surface area contributed by atoms with Gasteiger partial charge in [0, 0.05) is 28.7 Å². The van der Waals surface area contributed by atoms with Gasteiger partial charge >= 0.3 is 0 Å². The number of hydrogen-bond donors (Lipinski definition) is 2. The van der Waals surface area contributed by atoms with Gasteiger partial charge in [-0.15, -0.1) is 0 Å². The predicted octanol–water partition coefficient (Wildman–Crippen LogP) is 2.92. The summed E-state index contributed by atoms with van der Waals surface area (Å²) in [6.07, 6.45) is 0. The fourth-order valence-electron chi connectivity index (χ4n) is 1.69. The third-order valence-electron chi connectivity index (χ3n) is 3.62. The molecule has 3 N–H and O–H groups in total. The lowest BCUT2D eigenvalue weighted by atomic mass is 9.88. The smallest absolute Gasteiger partial charge is 0.123 e. The predicted molar refractivity (Wildman–Crippen MR) is 79.8 cm³/mol. The van der Waals surface area contributed by atoms with Crippen LogP contribution in [0.5, 0.6) is 5.75 Å². The minimum Gasteiger partial charge on any atom is -0.496 e. The highest BCUT2D eigenvalue weighted by molar-refractivity contribution is 9.10. The first-order chi connectivity index (χ1) is 8.42. The van der Waals surface area contributed by atoms with E-state index in [2.05, 4.69) is 48.1 Å². The molecule has 0 aliphatic heterocycles. The highest BCUT2D eigenvalue weighted by Crippen LogP contribution is 2.24. The maximum absolute atomic E-state index is 5.87. The molecule has 0 spiro atoms. The highest BCUT2D eigenvalue weighted by atomic mass is 79.9. The SMILES string of the molecule is COc1ccc(Br)cc1CNC(C)(CN)C(C)C. The van der Waals surface area contributed by atoms with Gasteiger partial charge in [-0.25, -0.2) is 0 Å². The number of hydrogen-bond acceptors (Lipinski definition) is 3. The maximum Gasteiger partial charge on any atom is 0.123 e. The Hall–Kier alpha value is -0.580. The number of halogens is 1. The summed E-state index contributed by atoms with van der Waals surface area (Å²) in [5.74, 6) is 1.37. The molecule has 0 bridgehead atoms. The van der Waals surface area contributed by atoms with Gasteiger partial charge in [0.05, 0.1) is 7.11 Å². The largest absolute Gasteiger partial charge is 0.496 e. The molecule has 1 unspecified atom stereocenters. The van der Waals surface area contributed by atoms with Crippen LogP contribution in [0, 0.1) is 5.92 Å². The van der Waals surface area contributed by atoms with Gasteiger partial charge in [-0.3, -0.25) is 0 Å². The van der Waals surface area contributed by atoms with Gasteiger partial charge in [-0.05, 0) is 31.0 Å². The summed E-state index contributed by atoms with van der Waals surface area (Å²) in [7, 11) is 1.69. The number of benzene rings is 1. The molecule has 102 valence electrons. The molecule has 1 atom stereocenters. The second kappa shape index (κ2) is 6.55. The second-order valence-electron chi connectivity index (χ2n) is 5.09. The lowest BCUT2D eigenvalue weighted by Crippen LogP contribution is -2.52. The Labute approximate surface area is 118 Å². The van der Waals surface area contributed by atoms with Crippen molar-refractivity contribution >= 4 is 15.9 Å². The van der Waals surface area contributed by atoms with Gasteiger partial charge < -0.3 is 15.8 Å². The fourth-order valence-corrected chi connectivity index (χ4v) is 2.10. The van der Waals surface area contributed by atoms with Crippen molar-refractivity contribution in [3.8, 4) is 5.75 Å². The average molecular weight is 315 g/mol. The number of ether oxygens (including phenoxy) is 1. The van der Waals surface area contributed by atoms with Crippen molar-refractivity contribution in [2.24, 2.45) is 11.7 Å². The van der Waals surface area contributed by atoms with Crippen molar-refractivity contribution < 1.29 is 4.74 Å². The first kappa shape index (κ1) is 15.5. The Bertz CT molecular complexity index is 395. The van der Waals surface area contributed by atoms with Crippen LogP contribution in [0.1, 0.15) is 26.3 Å². The summed E-state index contributed by atoms with van der Waals surface area (Å²) in [4.78, 5) is 0. The summed E-state index contributed by atoms with van der Waals surface area (Å²) in [5.41, 5.74) is 6.94. The van der Waals surface area contributed by atoms with Crippen LogP contribution in [0.4, 0.5) is 0 Å². The van der Waals surface area contributed by atoms with E-state index in [-0.39, 0.29) is 5.54 Å². The summed E-state index contributed by atoms with van der Waals surface area (Å²) in [5, 5.41) is 3.54. The molecule has 0 heterocycles. The van der Waals surface area contributed by atoms with Crippen LogP contribution in [-0.4, -0.2) is 19.2 Å². The Morgan fingerprint density at radius 1 is 1.44 bits per heavy atom. The van der Waals surface area contributed by atoms with Gasteiger partial charge in [0.1, 0.15) is 5.75 Å². The van der Waals surface area contributed by atoms with Crippen LogP contribution >= 0.6 is 15.9 Å². The van der Waals surface area contributed by atoms with Crippen LogP contribution in [-0.2, 0) is 6.54 Å². The Kier molecular flexibility index (Phi) is 5.63. The van der Waals surface area contributed by atoms with Gasteiger partial charge in [0.25, 0.3) is 0 Å². The van der Waals surface area contributed by atoms with E-state index in [1.54, 1.807) is 7.11 Å². The monoisotopic (exact) mass is 314 g/mol. The van der Waals surface area contributed by atoms with Crippen LogP contribution < -0.4 is 15.8 Å². The molecule has 0 fully saturated rings. The summed E-state index contributed by atoms with van der Waals surface area (Å²) >= 11 is 3.48. The Morgan fingerprint density at radius 3 is 2.61 bits per heavy atom. The molecule has 0 saturated carbocycles. The normalized spacial score (nSPS) is 14.6. The van der Waals surface area contributed by atoms with Gasteiger partial charge in [-0.1, -0.05) is 29.8 Å². The highest BCUT2D eigenvalue weighted by Gasteiger charge is 2.26. The zero-order chi connectivity index (χ0) is 13.8. The first-order valence-corrected chi connectivity index (χ1v) is 6.99. The molecular formula is C14H23BrN2O. The van der Waals surface area contributed by atoms with E-state index in [9.17, 15) is 0 Å². The van der Waals surface area contributed by atoms with E-state index in [1.807, 2.05) is 12.1 Å². The Morgan fingerprint density at radius 2 is 2.11 bits per heavy atom. The molecule has 1 aromatic carbocycles. The minimum absolute atomic E-state index is 0.0622. The Balaban J connectivity index is 2.82. The molecule has 0 aliphatic rings. The fraction of sp³-hybridized carbons (Fsp3) is 0.571. The van der Waals surface area contributed by atoms with Crippen LogP contribution in [0.2, 0.25) is 0 Å². The lowest BCUT2D eigenvalue weighted by molar-refractivity contribution is 0.265. The average Bonchev–Trinajstić information content (AvgIpc) is 2.35. The maximum atomic E-state index is 5.87. The molecule has 3 nitrogen and oxygen atoms in total. The van der Waals surface area contributed by atoms with Crippen molar-refractivity contribution in [3.63, 3.8) is 0 Å². The minimum atomic E-state index is -0.0622. The van der Waals surface area contributed by atoms with E-state index in [0.29, 0.717) is 12.5 Å². The van der Waals surface area contributed by atoms with Crippen molar-refractivity contribution in [1.82, 2.24) is 5.32 Å². The molecule has 0 aromatic heterocycles. The molecule has 0 saturated heterocycles. The van der Waals surface area contributed by atoms with Crippen molar-refractivity contribution in [2.75, 3.05) is 13.7 Å². The van der Waals surface area contributed by atoms with E-state index in [0.717, 1.165) is 22.3 Å². The van der Waals surface area contributed by atoms with Crippen LogP contribution in [0.3, 0.4) is 0 Å². The van der Waals surface area contributed by atoms with Gasteiger partial charge in [-0.2, -0.15) is 0 Å². The van der Waals surface area contributed by atoms with Crippen molar-refractivity contribution in [1.29, 1.82) is 0 Å².